The second-order valence-electron chi connectivity index (χ2n) is 7.25. The van der Waals surface area contributed by atoms with Gasteiger partial charge in [0.2, 0.25) is 5.91 Å². The van der Waals surface area contributed by atoms with Crippen LogP contribution in [0.5, 0.6) is 0 Å². The summed E-state index contributed by atoms with van der Waals surface area (Å²) < 4.78 is 23.8. The average molecular weight is 465 g/mol. The van der Waals surface area contributed by atoms with E-state index in [1.54, 1.807) is 33.7 Å². The molecular formula is C19H30Cl2N4O3S. The first-order valence-electron chi connectivity index (χ1n) is 9.23. The van der Waals surface area contributed by atoms with Crippen molar-refractivity contribution in [1.29, 1.82) is 0 Å². The van der Waals surface area contributed by atoms with Crippen LogP contribution in [-0.2, 0) is 4.79 Å². The highest BCUT2D eigenvalue weighted by molar-refractivity contribution is 8.22. The fourth-order valence-corrected chi connectivity index (χ4v) is 5.08. The van der Waals surface area contributed by atoms with E-state index >= 15 is 0 Å². The van der Waals surface area contributed by atoms with Crippen LogP contribution in [0, 0.1) is 5.92 Å². The van der Waals surface area contributed by atoms with Crippen LogP contribution >= 0.6 is 35.6 Å². The average Bonchev–Trinajstić information content (AvgIpc) is 2.93. The van der Waals surface area contributed by atoms with E-state index in [0.717, 1.165) is 10.8 Å². The lowest BCUT2D eigenvalue weighted by molar-refractivity contribution is -0.133. The first kappa shape index (κ1) is 25.9. The van der Waals surface area contributed by atoms with Crippen LogP contribution in [0.3, 0.4) is 0 Å². The molecule has 2 aromatic rings. The molecule has 4 N–H and O–H groups in total. The number of hydrogen-bond acceptors (Lipinski definition) is 6. The molecule has 10 heteroatoms. The van der Waals surface area contributed by atoms with Gasteiger partial charge in [0.15, 0.2) is 0 Å². The molecule has 1 aliphatic rings. The number of amides is 1. The van der Waals surface area contributed by atoms with Gasteiger partial charge in [-0.2, -0.15) is 0 Å². The number of fused-ring (bicyclic) bond motifs is 1. The van der Waals surface area contributed by atoms with Crippen LogP contribution in [0.25, 0.3) is 10.8 Å². The molecule has 3 rings (SSSR count). The number of pyridine rings is 1. The van der Waals surface area contributed by atoms with Crippen molar-refractivity contribution in [1.82, 2.24) is 14.2 Å². The van der Waals surface area contributed by atoms with Crippen molar-refractivity contribution in [2.45, 2.75) is 31.2 Å². The van der Waals surface area contributed by atoms with Gasteiger partial charge in [-0.15, -0.1) is 35.6 Å². The van der Waals surface area contributed by atoms with E-state index in [9.17, 15) is 13.9 Å². The third-order valence-electron chi connectivity index (χ3n) is 5.07. The van der Waals surface area contributed by atoms with Crippen molar-refractivity contribution in [3.63, 3.8) is 0 Å². The van der Waals surface area contributed by atoms with Crippen molar-refractivity contribution < 1.29 is 13.9 Å². The Kier molecular flexibility index (Phi) is 9.62. The van der Waals surface area contributed by atoms with E-state index in [-0.39, 0.29) is 36.6 Å². The molecule has 1 aliphatic heterocycles. The van der Waals surface area contributed by atoms with Gasteiger partial charge in [-0.1, -0.05) is 26.0 Å². The maximum absolute atomic E-state index is 12.6. The molecule has 164 valence electrons. The summed E-state index contributed by atoms with van der Waals surface area (Å²) in [6, 6.07) is 6.73. The normalized spacial score (nSPS) is 17.2. The predicted molar refractivity (Wildman–Crippen MR) is 123 cm³/mol. The number of hydrogen-bond donors (Lipinski definition) is 3. The van der Waals surface area contributed by atoms with Crippen molar-refractivity contribution in [3.05, 3.63) is 36.7 Å². The lowest BCUT2D eigenvalue weighted by Crippen LogP contribution is -2.47. The summed E-state index contributed by atoms with van der Waals surface area (Å²) in [6.45, 7) is 5.76. The minimum absolute atomic E-state index is 0. The molecule has 7 nitrogen and oxygen atoms in total. The van der Waals surface area contributed by atoms with E-state index in [0.29, 0.717) is 37.5 Å². The maximum Gasteiger partial charge on any atom is 0.239 e. The van der Waals surface area contributed by atoms with Crippen LogP contribution in [0.15, 0.2) is 41.6 Å². The summed E-state index contributed by atoms with van der Waals surface area (Å²) in [4.78, 5) is 18.9. The fourth-order valence-electron chi connectivity index (χ4n) is 3.34. The van der Waals surface area contributed by atoms with Gasteiger partial charge in [0.25, 0.3) is 0 Å². The lowest BCUT2D eigenvalue weighted by atomic mass is 10.0. The van der Waals surface area contributed by atoms with Gasteiger partial charge in [-0.05, 0) is 24.5 Å². The Morgan fingerprint density at radius 1 is 1.14 bits per heavy atom. The first-order chi connectivity index (χ1) is 12.8. The Morgan fingerprint density at radius 3 is 2.55 bits per heavy atom. The SMILES string of the molecule is CC(C)[C@@H](N)C(=O)N1CCCN(S(O)(O)c2cccc3cnccc23)CC1.Cl.Cl. The summed E-state index contributed by atoms with van der Waals surface area (Å²) in [5.74, 6) is 0.00103. The Morgan fingerprint density at radius 2 is 1.86 bits per heavy atom. The Labute approximate surface area is 186 Å². The minimum atomic E-state index is -3.16. The molecule has 1 aromatic heterocycles. The van der Waals surface area contributed by atoms with Gasteiger partial charge in [0, 0.05) is 49.3 Å². The second kappa shape index (κ2) is 10.8. The van der Waals surface area contributed by atoms with E-state index in [2.05, 4.69) is 4.98 Å². The Hall–Kier alpha value is -1.13. The molecule has 2 heterocycles. The molecule has 1 fully saturated rings. The lowest BCUT2D eigenvalue weighted by Gasteiger charge is -2.43. The van der Waals surface area contributed by atoms with Crippen molar-refractivity contribution in [2.24, 2.45) is 11.7 Å². The minimum Gasteiger partial charge on any atom is -0.340 e. The quantitative estimate of drug-likeness (QED) is 0.638. The Bertz CT molecular complexity index is 820. The Balaban J connectivity index is 0.00000210. The van der Waals surface area contributed by atoms with E-state index in [1.165, 1.54) is 0 Å². The van der Waals surface area contributed by atoms with E-state index in [1.807, 2.05) is 26.0 Å². The molecule has 0 unspecified atom stereocenters. The number of carbonyl (C=O) groups is 1. The zero-order valence-electron chi connectivity index (χ0n) is 16.6. The third kappa shape index (κ3) is 5.52. The van der Waals surface area contributed by atoms with Crippen LogP contribution in [0.1, 0.15) is 20.3 Å². The van der Waals surface area contributed by atoms with Gasteiger partial charge < -0.3 is 10.6 Å². The summed E-state index contributed by atoms with van der Waals surface area (Å²) >= 11 is 0. The largest absolute Gasteiger partial charge is 0.340 e. The van der Waals surface area contributed by atoms with Crippen molar-refractivity contribution in [3.8, 4) is 0 Å². The molecule has 1 aromatic carbocycles. The molecule has 1 amide bonds. The van der Waals surface area contributed by atoms with Crippen LogP contribution in [-0.4, -0.2) is 61.4 Å². The molecule has 1 atom stereocenters. The van der Waals surface area contributed by atoms with Crippen molar-refractivity contribution in [2.75, 3.05) is 26.2 Å². The van der Waals surface area contributed by atoms with Crippen LogP contribution in [0.2, 0.25) is 0 Å². The van der Waals surface area contributed by atoms with E-state index < -0.39 is 16.8 Å². The molecule has 0 radical (unpaired) electrons. The van der Waals surface area contributed by atoms with Gasteiger partial charge in [0.1, 0.15) is 0 Å². The summed E-state index contributed by atoms with van der Waals surface area (Å²) in [6.07, 6.45) is 4.03. The van der Waals surface area contributed by atoms with Crippen LogP contribution < -0.4 is 5.73 Å². The summed E-state index contributed by atoms with van der Waals surface area (Å²) in [7, 11) is -3.16. The number of nitrogens with zero attached hydrogens (tertiary/aromatic N) is 3. The highest BCUT2D eigenvalue weighted by Crippen LogP contribution is 2.54. The number of rotatable bonds is 4. The van der Waals surface area contributed by atoms with Crippen LogP contribution in [0.4, 0.5) is 0 Å². The second-order valence-corrected chi connectivity index (χ2v) is 9.24. The first-order valence-corrected chi connectivity index (χ1v) is 10.7. The zero-order chi connectivity index (χ0) is 19.6. The fraction of sp³-hybridized carbons (Fsp3) is 0.474. The number of aromatic nitrogens is 1. The number of carbonyl (C=O) groups excluding carboxylic acids is 1. The molecule has 0 aliphatic carbocycles. The van der Waals surface area contributed by atoms with E-state index in [4.69, 9.17) is 5.73 Å². The van der Waals surface area contributed by atoms with Gasteiger partial charge >= 0.3 is 0 Å². The topological polar surface area (TPSA) is 103 Å². The molecule has 1 saturated heterocycles. The van der Waals surface area contributed by atoms with Gasteiger partial charge in [-0.25, -0.2) is 4.31 Å². The molecular weight excluding hydrogens is 435 g/mol. The highest BCUT2D eigenvalue weighted by Gasteiger charge is 2.31. The number of benzene rings is 1. The molecule has 0 spiro atoms. The van der Waals surface area contributed by atoms with Gasteiger partial charge in [-0.3, -0.25) is 18.9 Å². The highest BCUT2D eigenvalue weighted by atomic mass is 35.5. The molecule has 29 heavy (non-hydrogen) atoms. The third-order valence-corrected chi connectivity index (χ3v) is 7.10. The predicted octanol–water partition coefficient (Wildman–Crippen LogP) is 3.62. The number of halogens is 2. The van der Waals surface area contributed by atoms with Crippen molar-refractivity contribution >= 4 is 52.3 Å². The maximum atomic E-state index is 12.6. The summed E-state index contributed by atoms with van der Waals surface area (Å²) in [5, 5.41) is 1.65. The standard InChI is InChI=1S/C19H28N4O3S.2ClH/c1-14(2)18(20)19(24)22-9-4-10-23(12-11-22)27(25,26)17-6-3-5-15-13-21-8-7-16(15)17;;/h3,5-8,13-14,18,25-26H,4,9-12,20H2,1-2H3;2*1H/t18-;;/m1../s1. The number of nitrogens with two attached hydrogens (primary N) is 1. The molecule has 0 bridgehead atoms. The zero-order valence-corrected chi connectivity index (χ0v) is 19.1. The van der Waals surface area contributed by atoms with Gasteiger partial charge in [0.05, 0.1) is 10.9 Å². The monoisotopic (exact) mass is 464 g/mol. The summed E-state index contributed by atoms with van der Waals surface area (Å²) in [5.41, 5.74) is 6.01. The smallest absolute Gasteiger partial charge is 0.239 e. The molecule has 0 saturated carbocycles.